The Bertz CT molecular complexity index is 512. The minimum atomic E-state index is -0.0607. The Balaban J connectivity index is 2.04. The summed E-state index contributed by atoms with van der Waals surface area (Å²) in [7, 11) is 3.66. The Labute approximate surface area is 119 Å². The number of aryl methyl sites for hydroxylation is 2. The van der Waals surface area contributed by atoms with Crippen LogP contribution in [0.15, 0.2) is 42.6 Å². The van der Waals surface area contributed by atoms with E-state index < -0.39 is 0 Å². The van der Waals surface area contributed by atoms with E-state index in [4.69, 9.17) is 10.6 Å². The van der Waals surface area contributed by atoms with Crippen molar-refractivity contribution in [3.05, 3.63) is 53.9 Å². The van der Waals surface area contributed by atoms with Crippen LogP contribution in [0.2, 0.25) is 0 Å². The van der Waals surface area contributed by atoms with Crippen molar-refractivity contribution in [2.24, 2.45) is 12.9 Å². The maximum atomic E-state index is 5.71. The monoisotopic (exact) mass is 274 g/mol. The molecule has 20 heavy (non-hydrogen) atoms. The average molecular weight is 274 g/mol. The first-order chi connectivity index (χ1) is 9.76. The second-order valence-corrected chi connectivity index (χ2v) is 4.82. The molecular formula is C15H22N4O. The van der Waals surface area contributed by atoms with Gasteiger partial charge in [0.2, 0.25) is 0 Å². The van der Waals surface area contributed by atoms with Gasteiger partial charge in [-0.2, -0.15) is 5.10 Å². The van der Waals surface area contributed by atoms with Crippen LogP contribution in [0.3, 0.4) is 0 Å². The SMILES string of the molecule is COC(c1ccccc1)C(CCc1ccnn1C)NN. The molecule has 0 saturated carbocycles. The smallest absolute Gasteiger partial charge is 0.0987 e. The van der Waals surface area contributed by atoms with Gasteiger partial charge in [-0.05, 0) is 24.5 Å². The largest absolute Gasteiger partial charge is 0.375 e. The van der Waals surface area contributed by atoms with Crippen molar-refractivity contribution in [3.8, 4) is 0 Å². The van der Waals surface area contributed by atoms with Crippen LogP contribution in [0.5, 0.6) is 0 Å². The molecule has 5 heteroatoms. The number of nitrogens with one attached hydrogen (secondary N) is 1. The summed E-state index contributed by atoms with van der Waals surface area (Å²) >= 11 is 0. The maximum absolute atomic E-state index is 5.71. The number of hydrogen-bond donors (Lipinski definition) is 2. The number of hydrogen-bond acceptors (Lipinski definition) is 4. The number of rotatable bonds is 7. The molecule has 0 fully saturated rings. The summed E-state index contributed by atoms with van der Waals surface area (Å²) in [4.78, 5) is 0. The van der Waals surface area contributed by atoms with Gasteiger partial charge in [0.1, 0.15) is 0 Å². The molecule has 108 valence electrons. The zero-order valence-corrected chi connectivity index (χ0v) is 12.0. The molecule has 0 bridgehead atoms. The minimum absolute atomic E-state index is 0.0531. The Morgan fingerprint density at radius 1 is 1.30 bits per heavy atom. The van der Waals surface area contributed by atoms with Crippen LogP contribution in [-0.4, -0.2) is 22.9 Å². The van der Waals surface area contributed by atoms with Crippen LogP contribution in [0.1, 0.15) is 23.8 Å². The van der Waals surface area contributed by atoms with E-state index in [-0.39, 0.29) is 12.1 Å². The molecule has 1 aromatic carbocycles. The van der Waals surface area contributed by atoms with Gasteiger partial charge in [0.25, 0.3) is 0 Å². The lowest BCUT2D eigenvalue weighted by Crippen LogP contribution is -2.41. The second kappa shape index (κ2) is 7.19. The number of nitrogens with zero attached hydrogens (tertiary/aromatic N) is 2. The van der Waals surface area contributed by atoms with Gasteiger partial charge in [-0.1, -0.05) is 30.3 Å². The highest BCUT2D eigenvalue weighted by Gasteiger charge is 2.22. The van der Waals surface area contributed by atoms with E-state index in [1.807, 2.05) is 42.2 Å². The first kappa shape index (κ1) is 14.7. The fourth-order valence-corrected chi connectivity index (χ4v) is 2.45. The zero-order chi connectivity index (χ0) is 14.4. The van der Waals surface area contributed by atoms with Crippen LogP contribution >= 0.6 is 0 Å². The van der Waals surface area contributed by atoms with Gasteiger partial charge in [0.05, 0.1) is 12.1 Å². The van der Waals surface area contributed by atoms with Crippen molar-refractivity contribution in [2.45, 2.75) is 25.0 Å². The van der Waals surface area contributed by atoms with Gasteiger partial charge in [-0.25, -0.2) is 0 Å². The summed E-state index contributed by atoms with van der Waals surface area (Å²) in [6, 6.07) is 12.2. The molecule has 1 heterocycles. The molecule has 0 aliphatic heterocycles. The molecule has 0 aliphatic carbocycles. The van der Waals surface area contributed by atoms with Crippen LogP contribution in [0, 0.1) is 0 Å². The van der Waals surface area contributed by atoms with Gasteiger partial charge >= 0.3 is 0 Å². The van der Waals surface area contributed by atoms with Crippen LogP contribution < -0.4 is 11.3 Å². The average Bonchev–Trinajstić information content (AvgIpc) is 2.90. The molecule has 0 spiro atoms. The zero-order valence-electron chi connectivity index (χ0n) is 12.0. The Hall–Kier alpha value is -1.69. The molecule has 0 aliphatic rings. The molecular weight excluding hydrogens is 252 g/mol. The third-order valence-electron chi connectivity index (χ3n) is 3.60. The third kappa shape index (κ3) is 3.45. The van der Waals surface area contributed by atoms with E-state index in [0.29, 0.717) is 0 Å². The number of nitrogens with two attached hydrogens (primary N) is 1. The van der Waals surface area contributed by atoms with E-state index in [1.165, 1.54) is 5.69 Å². The highest BCUT2D eigenvalue weighted by molar-refractivity contribution is 5.19. The summed E-state index contributed by atoms with van der Waals surface area (Å²) in [6.45, 7) is 0. The van der Waals surface area contributed by atoms with Crippen LogP contribution in [0.4, 0.5) is 0 Å². The maximum Gasteiger partial charge on any atom is 0.0987 e. The van der Waals surface area contributed by atoms with E-state index in [1.54, 1.807) is 7.11 Å². The molecule has 2 unspecified atom stereocenters. The number of benzene rings is 1. The van der Waals surface area contributed by atoms with Crippen LogP contribution in [0.25, 0.3) is 0 Å². The first-order valence-electron chi connectivity index (χ1n) is 6.77. The summed E-state index contributed by atoms with van der Waals surface area (Å²) < 4.78 is 7.51. The minimum Gasteiger partial charge on any atom is -0.375 e. The normalized spacial score (nSPS) is 14.2. The lowest BCUT2D eigenvalue weighted by molar-refractivity contribution is 0.0648. The van der Waals surface area contributed by atoms with Crippen molar-refractivity contribution in [1.82, 2.24) is 15.2 Å². The molecule has 2 atom stereocenters. The van der Waals surface area contributed by atoms with Crippen molar-refractivity contribution in [2.75, 3.05) is 7.11 Å². The van der Waals surface area contributed by atoms with Crippen molar-refractivity contribution >= 4 is 0 Å². The van der Waals surface area contributed by atoms with Crippen LogP contribution in [-0.2, 0) is 18.2 Å². The highest BCUT2D eigenvalue weighted by Crippen LogP contribution is 2.23. The predicted octanol–water partition coefficient (Wildman–Crippen LogP) is 1.57. The highest BCUT2D eigenvalue weighted by atomic mass is 16.5. The fourth-order valence-electron chi connectivity index (χ4n) is 2.45. The Kier molecular flexibility index (Phi) is 5.29. The van der Waals surface area contributed by atoms with Gasteiger partial charge in [-0.3, -0.25) is 16.0 Å². The van der Waals surface area contributed by atoms with Gasteiger partial charge in [0, 0.05) is 26.0 Å². The van der Waals surface area contributed by atoms with Gasteiger partial charge < -0.3 is 4.74 Å². The van der Waals surface area contributed by atoms with Gasteiger partial charge in [-0.15, -0.1) is 0 Å². The van der Waals surface area contributed by atoms with E-state index in [2.05, 4.69) is 22.7 Å². The molecule has 0 radical (unpaired) electrons. The molecule has 2 rings (SSSR count). The number of ether oxygens (including phenoxy) is 1. The molecule has 1 aromatic heterocycles. The summed E-state index contributed by atoms with van der Waals surface area (Å²) in [5.74, 6) is 5.71. The first-order valence-corrected chi connectivity index (χ1v) is 6.77. The standard InChI is InChI=1S/C15H22N4O/c1-19-13(10-11-17-19)8-9-14(18-16)15(20-2)12-6-4-3-5-7-12/h3-7,10-11,14-15,18H,8-9,16H2,1-2H3. The molecule has 0 saturated heterocycles. The molecule has 5 nitrogen and oxygen atoms in total. The van der Waals surface area contributed by atoms with Crippen molar-refractivity contribution in [1.29, 1.82) is 0 Å². The van der Waals surface area contributed by atoms with E-state index in [9.17, 15) is 0 Å². The van der Waals surface area contributed by atoms with Crippen molar-refractivity contribution < 1.29 is 4.74 Å². The third-order valence-corrected chi connectivity index (χ3v) is 3.60. The quantitative estimate of drug-likeness (QED) is 0.594. The second-order valence-electron chi connectivity index (χ2n) is 4.82. The summed E-state index contributed by atoms with van der Waals surface area (Å²) in [5.41, 5.74) is 5.19. The number of hydrazine groups is 1. The van der Waals surface area contributed by atoms with Crippen molar-refractivity contribution in [3.63, 3.8) is 0 Å². The number of aromatic nitrogens is 2. The molecule has 3 N–H and O–H groups in total. The Morgan fingerprint density at radius 2 is 2.05 bits per heavy atom. The van der Waals surface area contributed by atoms with Gasteiger partial charge in [0.15, 0.2) is 0 Å². The lowest BCUT2D eigenvalue weighted by atomic mass is 9.98. The van der Waals surface area contributed by atoms with E-state index >= 15 is 0 Å². The number of methoxy groups -OCH3 is 1. The predicted molar refractivity (Wildman–Crippen MR) is 78.8 cm³/mol. The molecule has 2 aromatic rings. The Morgan fingerprint density at radius 3 is 2.60 bits per heavy atom. The summed E-state index contributed by atoms with van der Waals surface area (Å²) in [5, 5.41) is 4.18. The fraction of sp³-hybridized carbons (Fsp3) is 0.400. The summed E-state index contributed by atoms with van der Waals surface area (Å²) in [6.07, 6.45) is 3.53. The van der Waals surface area contributed by atoms with E-state index in [0.717, 1.165) is 18.4 Å². The lowest BCUT2D eigenvalue weighted by Gasteiger charge is -2.25. The molecule has 0 amide bonds. The topological polar surface area (TPSA) is 65.1 Å².